The molecule has 0 heteroatoms. The average molecular weight is 164 g/mol. The van der Waals surface area contributed by atoms with E-state index < -0.39 is 0 Å². The Morgan fingerprint density at radius 3 is 2.42 bits per heavy atom. The van der Waals surface area contributed by atoms with E-state index in [1.54, 1.807) is 5.57 Å². The van der Waals surface area contributed by atoms with E-state index in [0.717, 1.165) is 0 Å². The van der Waals surface area contributed by atoms with Crippen LogP contribution in [0.3, 0.4) is 0 Å². The van der Waals surface area contributed by atoms with Crippen molar-refractivity contribution in [1.29, 1.82) is 0 Å². The van der Waals surface area contributed by atoms with Gasteiger partial charge in [-0.25, -0.2) is 0 Å². The van der Waals surface area contributed by atoms with Crippen molar-refractivity contribution in [2.45, 2.75) is 47.5 Å². The SMILES string of the molecule is CCC1=C(C)C(C)=CC(C)(C)C1. The summed E-state index contributed by atoms with van der Waals surface area (Å²) in [7, 11) is 0. The second-order valence-corrected chi connectivity index (χ2v) is 4.57. The first-order chi connectivity index (χ1) is 5.46. The lowest BCUT2D eigenvalue weighted by Crippen LogP contribution is -2.14. The van der Waals surface area contributed by atoms with Crippen molar-refractivity contribution in [1.82, 2.24) is 0 Å². The summed E-state index contributed by atoms with van der Waals surface area (Å²) < 4.78 is 0. The fourth-order valence-corrected chi connectivity index (χ4v) is 2.10. The summed E-state index contributed by atoms with van der Waals surface area (Å²) in [6.07, 6.45) is 4.86. The minimum absolute atomic E-state index is 0.384. The lowest BCUT2D eigenvalue weighted by atomic mass is 9.76. The van der Waals surface area contributed by atoms with Crippen LogP contribution in [0.25, 0.3) is 0 Å². The standard InChI is InChI=1S/C12H20/c1-6-11-8-12(4,5)7-9(2)10(11)3/h7H,6,8H2,1-5H3. The molecule has 0 aromatic rings. The van der Waals surface area contributed by atoms with Crippen LogP contribution in [0, 0.1) is 5.41 Å². The van der Waals surface area contributed by atoms with Crippen molar-refractivity contribution in [3.8, 4) is 0 Å². The molecule has 0 aromatic heterocycles. The third-order valence-electron chi connectivity index (χ3n) is 2.82. The van der Waals surface area contributed by atoms with Gasteiger partial charge in [0.25, 0.3) is 0 Å². The predicted molar refractivity (Wildman–Crippen MR) is 55.1 cm³/mol. The Morgan fingerprint density at radius 2 is 1.92 bits per heavy atom. The summed E-state index contributed by atoms with van der Waals surface area (Å²) >= 11 is 0. The van der Waals surface area contributed by atoms with E-state index in [-0.39, 0.29) is 0 Å². The predicted octanol–water partition coefficient (Wildman–Crippen LogP) is 4.09. The van der Waals surface area contributed by atoms with Crippen LogP contribution in [-0.2, 0) is 0 Å². The summed E-state index contributed by atoms with van der Waals surface area (Å²) in [5, 5.41) is 0. The molecular weight excluding hydrogens is 144 g/mol. The Labute approximate surface area is 76.4 Å². The van der Waals surface area contributed by atoms with Crippen molar-refractivity contribution in [3.05, 3.63) is 22.8 Å². The van der Waals surface area contributed by atoms with Gasteiger partial charge in [-0.05, 0) is 37.7 Å². The molecule has 0 radical (unpaired) electrons. The highest BCUT2D eigenvalue weighted by molar-refractivity contribution is 5.37. The molecule has 68 valence electrons. The van der Waals surface area contributed by atoms with Crippen LogP contribution in [0.5, 0.6) is 0 Å². The van der Waals surface area contributed by atoms with Crippen LogP contribution < -0.4 is 0 Å². The molecule has 1 aliphatic rings. The third-order valence-corrected chi connectivity index (χ3v) is 2.82. The van der Waals surface area contributed by atoms with Crippen LogP contribution in [0.15, 0.2) is 22.8 Å². The Balaban J connectivity index is 3.01. The second kappa shape index (κ2) is 3.08. The molecule has 0 amide bonds. The van der Waals surface area contributed by atoms with E-state index in [2.05, 4.69) is 40.7 Å². The molecule has 0 spiro atoms. The Morgan fingerprint density at radius 1 is 1.33 bits per heavy atom. The van der Waals surface area contributed by atoms with Crippen LogP contribution in [-0.4, -0.2) is 0 Å². The molecule has 0 heterocycles. The lowest BCUT2D eigenvalue weighted by Gasteiger charge is -2.29. The zero-order chi connectivity index (χ0) is 9.35. The van der Waals surface area contributed by atoms with Gasteiger partial charge >= 0.3 is 0 Å². The molecule has 12 heavy (non-hydrogen) atoms. The first kappa shape index (κ1) is 9.57. The van der Waals surface area contributed by atoms with Gasteiger partial charge in [-0.1, -0.05) is 38.0 Å². The zero-order valence-electron chi connectivity index (χ0n) is 8.99. The van der Waals surface area contributed by atoms with Crippen molar-refractivity contribution in [2.24, 2.45) is 5.41 Å². The molecule has 0 nitrogen and oxygen atoms in total. The molecule has 0 saturated heterocycles. The van der Waals surface area contributed by atoms with E-state index in [1.807, 2.05) is 0 Å². The Hall–Kier alpha value is -0.520. The summed E-state index contributed by atoms with van der Waals surface area (Å²) in [4.78, 5) is 0. The molecule has 0 fully saturated rings. The third kappa shape index (κ3) is 1.80. The molecule has 0 aromatic carbocycles. The van der Waals surface area contributed by atoms with Crippen LogP contribution in [0.1, 0.15) is 47.5 Å². The van der Waals surface area contributed by atoms with E-state index in [0.29, 0.717) is 5.41 Å². The van der Waals surface area contributed by atoms with Gasteiger partial charge in [-0.3, -0.25) is 0 Å². The monoisotopic (exact) mass is 164 g/mol. The normalized spacial score (nSPS) is 22.6. The quantitative estimate of drug-likeness (QED) is 0.547. The Bertz CT molecular complexity index is 239. The van der Waals surface area contributed by atoms with Gasteiger partial charge in [0.1, 0.15) is 0 Å². The number of hydrogen-bond donors (Lipinski definition) is 0. The number of hydrogen-bond acceptors (Lipinski definition) is 0. The molecule has 0 saturated carbocycles. The minimum Gasteiger partial charge on any atom is -0.0753 e. The fraction of sp³-hybridized carbons (Fsp3) is 0.667. The largest absolute Gasteiger partial charge is 0.0753 e. The first-order valence-corrected chi connectivity index (χ1v) is 4.85. The van der Waals surface area contributed by atoms with Gasteiger partial charge in [0, 0.05) is 0 Å². The lowest BCUT2D eigenvalue weighted by molar-refractivity contribution is 0.457. The van der Waals surface area contributed by atoms with Crippen molar-refractivity contribution >= 4 is 0 Å². The zero-order valence-corrected chi connectivity index (χ0v) is 8.99. The summed E-state index contributed by atoms with van der Waals surface area (Å²) in [6, 6.07) is 0. The van der Waals surface area contributed by atoms with Gasteiger partial charge in [-0.2, -0.15) is 0 Å². The van der Waals surface area contributed by atoms with E-state index in [9.17, 15) is 0 Å². The first-order valence-electron chi connectivity index (χ1n) is 4.85. The summed E-state index contributed by atoms with van der Waals surface area (Å²) in [6.45, 7) is 11.4. The highest BCUT2D eigenvalue weighted by Gasteiger charge is 2.22. The van der Waals surface area contributed by atoms with Crippen molar-refractivity contribution in [2.75, 3.05) is 0 Å². The molecule has 1 rings (SSSR count). The highest BCUT2D eigenvalue weighted by Crippen LogP contribution is 2.37. The molecule has 0 atom stereocenters. The topological polar surface area (TPSA) is 0 Å². The average Bonchev–Trinajstić information content (AvgIpc) is 1.96. The van der Waals surface area contributed by atoms with Gasteiger partial charge in [-0.15, -0.1) is 0 Å². The maximum Gasteiger partial charge on any atom is -0.0132 e. The van der Waals surface area contributed by atoms with Crippen LogP contribution in [0.4, 0.5) is 0 Å². The molecular formula is C12H20. The number of allylic oxidation sites excluding steroid dienone is 4. The van der Waals surface area contributed by atoms with Crippen LogP contribution >= 0.6 is 0 Å². The van der Waals surface area contributed by atoms with Crippen molar-refractivity contribution < 1.29 is 0 Å². The van der Waals surface area contributed by atoms with Gasteiger partial charge in [0.15, 0.2) is 0 Å². The smallest absolute Gasteiger partial charge is 0.0132 e. The second-order valence-electron chi connectivity index (χ2n) is 4.57. The summed E-state index contributed by atoms with van der Waals surface area (Å²) in [5.74, 6) is 0. The van der Waals surface area contributed by atoms with E-state index in [4.69, 9.17) is 0 Å². The Kier molecular flexibility index (Phi) is 2.46. The van der Waals surface area contributed by atoms with Gasteiger partial charge < -0.3 is 0 Å². The fourth-order valence-electron chi connectivity index (χ4n) is 2.10. The summed E-state index contributed by atoms with van der Waals surface area (Å²) in [5.41, 5.74) is 5.02. The molecule has 0 N–H and O–H groups in total. The molecule has 0 aliphatic heterocycles. The maximum atomic E-state index is 2.40. The highest BCUT2D eigenvalue weighted by atomic mass is 14.3. The molecule has 1 aliphatic carbocycles. The molecule has 0 unspecified atom stereocenters. The van der Waals surface area contributed by atoms with Crippen molar-refractivity contribution in [3.63, 3.8) is 0 Å². The van der Waals surface area contributed by atoms with E-state index in [1.165, 1.54) is 24.0 Å². The minimum atomic E-state index is 0.384. The number of rotatable bonds is 1. The maximum absolute atomic E-state index is 2.40. The van der Waals surface area contributed by atoms with Crippen LogP contribution in [0.2, 0.25) is 0 Å². The van der Waals surface area contributed by atoms with Gasteiger partial charge in [0.05, 0.1) is 0 Å². The van der Waals surface area contributed by atoms with Gasteiger partial charge in [0.2, 0.25) is 0 Å². The molecule has 0 bridgehead atoms. The van der Waals surface area contributed by atoms with E-state index >= 15 is 0 Å².